The molecule has 0 saturated heterocycles. The van der Waals surface area contributed by atoms with Gasteiger partial charge in [-0.05, 0) is 6.42 Å². The molecular weight excluding hydrogens is 296 g/mol. The minimum Gasteiger partial charge on any atom is -0.294 e. The molecule has 0 aliphatic heterocycles. The fourth-order valence-electron chi connectivity index (χ4n) is 2.73. The Balaban J connectivity index is 0. The van der Waals surface area contributed by atoms with E-state index in [1.807, 2.05) is 0 Å². The molecule has 0 aromatic rings. The zero-order valence-corrected chi connectivity index (χ0v) is 15.5. The Morgan fingerprint density at radius 2 is 1.00 bits per heavy atom. The van der Waals surface area contributed by atoms with Gasteiger partial charge >= 0.3 is 0 Å². The Labute approximate surface area is 144 Å². The van der Waals surface area contributed by atoms with Gasteiger partial charge in [0.2, 0.25) is 5.91 Å². The lowest BCUT2D eigenvalue weighted by Crippen LogP contribution is -2.29. The van der Waals surface area contributed by atoms with E-state index in [9.17, 15) is 4.79 Å². The summed E-state index contributed by atoms with van der Waals surface area (Å²) >= 11 is 0. The maximum atomic E-state index is 10.9. The van der Waals surface area contributed by atoms with Gasteiger partial charge in [-0.15, -0.1) is 12.4 Å². The summed E-state index contributed by atoms with van der Waals surface area (Å²) in [5, 5.41) is 0. The molecule has 0 atom stereocenters. The van der Waals surface area contributed by atoms with Crippen molar-refractivity contribution < 1.29 is 4.79 Å². The number of halogens is 1. The average molecular weight is 335 g/mol. The van der Waals surface area contributed by atoms with E-state index in [1.54, 1.807) is 0 Å². The van der Waals surface area contributed by atoms with E-state index in [0.717, 1.165) is 12.8 Å². The first-order chi connectivity index (χ1) is 10.3. The van der Waals surface area contributed by atoms with Crippen LogP contribution in [0.1, 0.15) is 110 Å². The second-order valence-electron chi connectivity index (χ2n) is 6.27. The molecule has 0 aromatic carbocycles. The van der Waals surface area contributed by atoms with Crippen LogP contribution in [0.4, 0.5) is 0 Å². The third-order valence-electron chi connectivity index (χ3n) is 4.17. The molecule has 134 valence electrons. The number of rotatable bonds is 16. The van der Waals surface area contributed by atoms with Crippen molar-refractivity contribution in [3.05, 3.63) is 0 Å². The number of hydrogen-bond donors (Lipinski definition) is 2. The van der Waals surface area contributed by atoms with Crippen molar-refractivity contribution in [2.45, 2.75) is 110 Å². The first-order valence-electron chi connectivity index (χ1n) is 9.30. The molecule has 0 bridgehead atoms. The van der Waals surface area contributed by atoms with Crippen LogP contribution in [-0.4, -0.2) is 5.91 Å². The lowest BCUT2D eigenvalue weighted by molar-refractivity contribution is -0.121. The zero-order chi connectivity index (χ0) is 15.6. The fraction of sp³-hybridized carbons (Fsp3) is 0.944. The number of nitrogens with one attached hydrogen (secondary N) is 1. The number of nitrogens with two attached hydrogens (primary N) is 1. The highest BCUT2D eigenvalue weighted by atomic mass is 35.5. The van der Waals surface area contributed by atoms with Gasteiger partial charge in [-0.25, -0.2) is 5.84 Å². The summed E-state index contributed by atoms with van der Waals surface area (Å²) in [6, 6.07) is 0. The smallest absolute Gasteiger partial charge is 0.233 e. The van der Waals surface area contributed by atoms with Gasteiger partial charge in [0.25, 0.3) is 0 Å². The second-order valence-corrected chi connectivity index (χ2v) is 6.27. The van der Waals surface area contributed by atoms with E-state index in [2.05, 4.69) is 12.3 Å². The summed E-state index contributed by atoms with van der Waals surface area (Å²) in [5.74, 6) is 5.00. The van der Waals surface area contributed by atoms with E-state index in [1.165, 1.54) is 83.5 Å². The SMILES string of the molecule is CCCCCCCCCCCCCCCCCC(=O)NN.Cl. The summed E-state index contributed by atoms with van der Waals surface area (Å²) in [5.41, 5.74) is 2.18. The predicted molar refractivity (Wildman–Crippen MR) is 99.1 cm³/mol. The van der Waals surface area contributed by atoms with Crippen LogP contribution >= 0.6 is 12.4 Å². The van der Waals surface area contributed by atoms with Gasteiger partial charge < -0.3 is 0 Å². The number of carbonyl (C=O) groups excluding carboxylic acids is 1. The number of hydrazine groups is 1. The summed E-state index contributed by atoms with van der Waals surface area (Å²) in [6.07, 6.45) is 20.8. The van der Waals surface area contributed by atoms with Crippen LogP contribution < -0.4 is 11.3 Å². The van der Waals surface area contributed by atoms with Crippen LogP contribution in [0.3, 0.4) is 0 Å². The van der Waals surface area contributed by atoms with Crippen molar-refractivity contribution in [3.63, 3.8) is 0 Å². The van der Waals surface area contributed by atoms with E-state index in [-0.39, 0.29) is 18.3 Å². The topological polar surface area (TPSA) is 55.1 Å². The van der Waals surface area contributed by atoms with Gasteiger partial charge in [-0.2, -0.15) is 0 Å². The number of amides is 1. The predicted octanol–water partition coefficient (Wildman–Crippen LogP) is 5.66. The monoisotopic (exact) mass is 334 g/mol. The maximum Gasteiger partial charge on any atom is 0.233 e. The zero-order valence-electron chi connectivity index (χ0n) is 14.7. The van der Waals surface area contributed by atoms with Gasteiger partial charge in [0.1, 0.15) is 0 Å². The molecule has 0 unspecified atom stereocenters. The van der Waals surface area contributed by atoms with Crippen molar-refractivity contribution in [2.75, 3.05) is 0 Å². The third kappa shape index (κ3) is 19.7. The Hall–Kier alpha value is -0.280. The molecule has 22 heavy (non-hydrogen) atoms. The molecule has 0 spiro atoms. The number of carbonyl (C=O) groups is 1. The van der Waals surface area contributed by atoms with E-state index < -0.39 is 0 Å². The average Bonchev–Trinajstić information content (AvgIpc) is 2.50. The molecule has 3 N–H and O–H groups in total. The third-order valence-corrected chi connectivity index (χ3v) is 4.17. The Kier molecular flexibility index (Phi) is 22.6. The Morgan fingerprint density at radius 1 is 0.682 bits per heavy atom. The maximum absolute atomic E-state index is 10.9. The minimum atomic E-state index is -0.0373. The van der Waals surface area contributed by atoms with Crippen LogP contribution in [0.25, 0.3) is 0 Å². The van der Waals surface area contributed by atoms with Crippen LogP contribution in [0.15, 0.2) is 0 Å². The molecule has 0 radical (unpaired) electrons. The molecular formula is C18H39ClN2O. The van der Waals surface area contributed by atoms with Crippen molar-refractivity contribution >= 4 is 18.3 Å². The molecule has 0 rings (SSSR count). The quantitative estimate of drug-likeness (QED) is 0.165. The lowest BCUT2D eigenvalue weighted by atomic mass is 10.0. The van der Waals surface area contributed by atoms with Gasteiger partial charge in [0, 0.05) is 6.42 Å². The Morgan fingerprint density at radius 3 is 1.32 bits per heavy atom. The lowest BCUT2D eigenvalue weighted by Gasteiger charge is -2.03. The first kappa shape index (κ1) is 24.0. The second kappa shape index (κ2) is 20.7. The van der Waals surface area contributed by atoms with Gasteiger partial charge in [-0.3, -0.25) is 10.2 Å². The molecule has 0 aliphatic rings. The van der Waals surface area contributed by atoms with Crippen molar-refractivity contribution in [2.24, 2.45) is 5.84 Å². The summed E-state index contributed by atoms with van der Waals surface area (Å²) in [7, 11) is 0. The highest BCUT2D eigenvalue weighted by Crippen LogP contribution is 2.13. The summed E-state index contributed by atoms with van der Waals surface area (Å²) in [6.45, 7) is 2.27. The molecule has 0 fully saturated rings. The van der Waals surface area contributed by atoms with Gasteiger partial charge in [-0.1, -0.05) is 96.8 Å². The molecule has 1 amide bonds. The number of unbranched alkanes of at least 4 members (excludes halogenated alkanes) is 14. The van der Waals surface area contributed by atoms with Gasteiger partial charge in [0.15, 0.2) is 0 Å². The summed E-state index contributed by atoms with van der Waals surface area (Å²) < 4.78 is 0. The minimum absolute atomic E-state index is 0. The van der Waals surface area contributed by atoms with Crippen LogP contribution in [0.2, 0.25) is 0 Å². The highest BCUT2D eigenvalue weighted by Gasteiger charge is 1.97. The van der Waals surface area contributed by atoms with E-state index in [4.69, 9.17) is 5.84 Å². The first-order valence-corrected chi connectivity index (χ1v) is 9.30. The van der Waals surface area contributed by atoms with E-state index in [0.29, 0.717) is 6.42 Å². The highest BCUT2D eigenvalue weighted by molar-refractivity contribution is 5.85. The Bertz CT molecular complexity index is 225. The molecule has 0 saturated carbocycles. The van der Waals surface area contributed by atoms with Crippen molar-refractivity contribution in [3.8, 4) is 0 Å². The summed E-state index contributed by atoms with van der Waals surface area (Å²) in [4.78, 5) is 10.9. The normalized spacial score (nSPS) is 10.3. The fourth-order valence-corrected chi connectivity index (χ4v) is 2.73. The van der Waals surface area contributed by atoms with Crippen LogP contribution in [0.5, 0.6) is 0 Å². The van der Waals surface area contributed by atoms with Gasteiger partial charge in [0.05, 0.1) is 0 Å². The standard InChI is InChI=1S/C18H38N2O.ClH/c1-2-3-4-5-6-7-8-9-10-11-12-13-14-15-16-17-18(21)20-19;/h2-17,19H2,1H3,(H,20,21);1H. The van der Waals surface area contributed by atoms with Crippen molar-refractivity contribution in [1.29, 1.82) is 0 Å². The molecule has 0 aromatic heterocycles. The molecule has 0 aliphatic carbocycles. The van der Waals surface area contributed by atoms with Crippen LogP contribution in [0, 0.1) is 0 Å². The number of hydrogen-bond acceptors (Lipinski definition) is 2. The molecule has 4 heteroatoms. The largest absolute Gasteiger partial charge is 0.294 e. The van der Waals surface area contributed by atoms with Crippen LogP contribution in [-0.2, 0) is 4.79 Å². The van der Waals surface area contributed by atoms with E-state index >= 15 is 0 Å². The molecule has 3 nitrogen and oxygen atoms in total. The van der Waals surface area contributed by atoms with Crippen molar-refractivity contribution in [1.82, 2.24) is 5.43 Å². The molecule has 0 heterocycles.